The Morgan fingerprint density at radius 1 is 1.44 bits per heavy atom. The largest absolute Gasteiger partial charge is 0.355 e. The zero-order chi connectivity index (χ0) is 19.2. The molecule has 7 nitrogen and oxygen atoms in total. The fourth-order valence-corrected chi connectivity index (χ4v) is 3.61. The SMILES string of the molecule is CN(C)CCNC(=O)C1CCCN(Cc2nc(-c3cccc(Br)c3)no2)C1. The van der Waals surface area contributed by atoms with Gasteiger partial charge in [0, 0.05) is 29.7 Å². The van der Waals surface area contributed by atoms with E-state index in [0.29, 0.717) is 24.8 Å². The zero-order valence-electron chi connectivity index (χ0n) is 15.8. The van der Waals surface area contributed by atoms with Crippen LogP contribution in [-0.4, -0.2) is 66.1 Å². The average molecular weight is 436 g/mol. The van der Waals surface area contributed by atoms with Crippen LogP contribution in [0.5, 0.6) is 0 Å². The first-order chi connectivity index (χ1) is 13.0. The highest BCUT2D eigenvalue weighted by Crippen LogP contribution is 2.22. The molecule has 1 amide bonds. The third kappa shape index (κ3) is 5.85. The van der Waals surface area contributed by atoms with Gasteiger partial charge in [0.2, 0.25) is 17.6 Å². The smallest absolute Gasteiger partial charge is 0.241 e. The molecule has 8 heteroatoms. The summed E-state index contributed by atoms with van der Waals surface area (Å²) in [4.78, 5) is 21.2. The summed E-state index contributed by atoms with van der Waals surface area (Å²) in [6.07, 6.45) is 1.93. The number of benzene rings is 1. The van der Waals surface area contributed by atoms with Crippen molar-refractivity contribution in [2.75, 3.05) is 40.3 Å². The molecule has 3 rings (SSSR count). The molecule has 2 heterocycles. The van der Waals surface area contributed by atoms with Gasteiger partial charge in [-0.2, -0.15) is 4.98 Å². The summed E-state index contributed by atoms with van der Waals surface area (Å²) < 4.78 is 6.40. The highest BCUT2D eigenvalue weighted by molar-refractivity contribution is 9.10. The molecule has 1 N–H and O–H groups in total. The molecule has 2 aromatic rings. The number of hydrogen-bond donors (Lipinski definition) is 1. The number of nitrogens with zero attached hydrogens (tertiary/aromatic N) is 4. The lowest BCUT2D eigenvalue weighted by Gasteiger charge is -2.31. The summed E-state index contributed by atoms with van der Waals surface area (Å²) in [5, 5.41) is 7.12. The van der Waals surface area contributed by atoms with Gasteiger partial charge < -0.3 is 14.7 Å². The summed E-state index contributed by atoms with van der Waals surface area (Å²) in [7, 11) is 4.00. The van der Waals surface area contributed by atoms with Crippen LogP contribution in [0.4, 0.5) is 0 Å². The molecule has 0 aliphatic carbocycles. The van der Waals surface area contributed by atoms with Crippen molar-refractivity contribution in [1.29, 1.82) is 0 Å². The predicted octanol–water partition coefficient (Wildman–Crippen LogP) is 2.39. The lowest BCUT2D eigenvalue weighted by molar-refractivity contribution is -0.126. The number of halogens is 1. The van der Waals surface area contributed by atoms with Gasteiger partial charge in [0.25, 0.3) is 0 Å². The Morgan fingerprint density at radius 3 is 3.07 bits per heavy atom. The maximum absolute atomic E-state index is 12.4. The Balaban J connectivity index is 1.54. The normalized spacial score (nSPS) is 18.0. The molecule has 146 valence electrons. The summed E-state index contributed by atoms with van der Waals surface area (Å²) in [5.74, 6) is 1.33. The molecule has 0 spiro atoms. The maximum atomic E-state index is 12.4. The number of aromatic nitrogens is 2. The number of carbonyl (C=O) groups is 1. The highest BCUT2D eigenvalue weighted by atomic mass is 79.9. The molecule has 1 atom stereocenters. The van der Waals surface area contributed by atoms with Gasteiger partial charge in [-0.3, -0.25) is 9.69 Å². The Hall–Kier alpha value is -1.77. The predicted molar refractivity (Wildman–Crippen MR) is 107 cm³/mol. The molecule has 1 aromatic carbocycles. The van der Waals surface area contributed by atoms with E-state index >= 15 is 0 Å². The van der Waals surface area contributed by atoms with Gasteiger partial charge >= 0.3 is 0 Å². The van der Waals surface area contributed by atoms with Crippen molar-refractivity contribution >= 4 is 21.8 Å². The van der Waals surface area contributed by atoms with E-state index in [0.717, 1.165) is 42.5 Å². The molecule has 1 aliphatic heterocycles. The molecule has 0 bridgehead atoms. The van der Waals surface area contributed by atoms with Crippen LogP contribution in [-0.2, 0) is 11.3 Å². The van der Waals surface area contributed by atoms with Crippen LogP contribution in [0, 0.1) is 5.92 Å². The van der Waals surface area contributed by atoms with Crippen LogP contribution in [0.2, 0.25) is 0 Å². The summed E-state index contributed by atoms with van der Waals surface area (Å²) in [6.45, 7) is 3.77. The van der Waals surface area contributed by atoms with Crippen molar-refractivity contribution in [3.63, 3.8) is 0 Å². The first-order valence-electron chi connectivity index (χ1n) is 9.24. The molecule has 1 aliphatic rings. The quantitative estimate of drug-likeness (QED) is 0.719. The molecule has 1 fully saturated rings. The Bertz CT molecular complexity index is 764. The molecular weight excluding hydrogens is 410 g/mol. The van der Waals surface area contributed by atoms with Crippen LogP contribution < -0.4 is 5.32 Å². The van der Waals surface area contributed by atoms with E-state index in [9.17, 15) is 4.79 Å². The van der Waals surface area contributed by atoms with Gasteiger partial charge in [0.1, 0.15) is 0 Å². The Morgan fingerprint density at radius 2 is 2.30 bits per heavy atom. The Labute approximate surface area is 168 Å². The van der Waals surface area contributed by atoms with E-state index in [1.165, 1.54) is 0 Å². The van der Waals surface area contributed by atoms with Gasteiger partial charge in [0.05, 0.1) is 12.5 Å². The number of likely N-dealkylation sites (tertiary alicyclic amines) is 1. The lowest BCUT2D eigenvalue weighted by Crippen LogP contribution is -2.44. The van der Waals surface area contributed by atoms with Crippen molar-refractivity contribution in [1.82, 2.24) is 25.3 Å². The number of hydrogen-bond acceptors (Lipinski definition) is 6. The maximum Gasteiger partial charge on any atom is 0.241 e. The Kier molecular flexibility index (Phi) is 6.98. The second-order valence-electron chi connectivity index (χ2n) is 7.19. The fraction of sp³-hybridized carbons (Fsp3) is 0.526. The fourth-order valence-electron chi connectivity index (χ4n) is 3.22. The monoisotopic (exact) mass is 435 g/mol. The van der Waals surface area contributed by atoms with Gasteiger partial charge in [-0.15, -0.1) is 0 Å². The van der Waals surface area contributed by atoms with Crippen LogP contribution in [0.15, 0.2) is 33.3 Å². The second-order valence-corrected chi connectivity index (χ2v) is 8.11. The van der Waals surface area contributed by atoms with Crippen molar-refractivity contribution in [3.05, 3.63) is 34.6 Å². The van der Waals surface area contributed by atoms with E-state index in [-0.39, 0.29) is 11.8 Å². The third-order valence-corrected chi connectivity index (χ3v) is 5.14. The van der Waals surface area contributed by atoms with E-state index in [4.69, 9.17) is 4.52 Å². The van der Waals surface area contributed by atoms with Crippen molar-refractivity contribution in [2.24, 2.45) is 5.92 Å². The molecule has 1 aromatic heterocycles. The molecule has 1 unspecified atom stereocenters. The van der Waals surface area contributed by atoms with Crippen molar-refractivity contribution in [3.8, 4) is 11.4 Å². The van der Waals surface area contributed by atoms with E-state index in [2.05, 4.69) is 41.2 Å². The summed E-state index contributed by atoms with van der Waals surface area (Å²) in [5.41, 5.74) is 0.913. The molecular formula is C19H26BrN5O2. The first-order valence-corrected chi connectivity index (χ1v) is 10.0. The first kappa shape index (κ1) is 20.0. The molecule has 0 radical (unpaired) electrons. The summed E-state index contributed by atoms with van der Waals surface area (Å²) in [6, 6.07) is 7.82. The number of likely N-dealkylation sites (N-methyl/N-ethyl adjacent to an activating group) is 1. The highest BCUT2D eigenvalue weighted by Gasteiger charge is 2.26. The minimum Gasteiger partial charge on any atom is -0.355 e. The number of rotatable bonds is 7. The van der Waals surface area contributed by atoms with Crippen LogP contribution in [0.1, 0.15) is 18.7 Å². The standard InChI is InChI=1S/C19H26BrN5O2/c1-24(2)10-8-21-19(26)15-6-4-9-25(12-15)13-17-22-18(23-27-17)14-5-3-7-16(20)11-14/h3,5,7,11,15H,4,6,8-10,12-13H2,1-2H3,(H,21,26). The van der Waals surface area contributed by atoms with Crippen LogP contribution in [0.3, 0.4) is 0 Å². The molecule has 1 saturated heterocycles. The zero-order valence-corrected chi connectivity index (χ0v) is 17.4. The van der Waals surface area contributed by atoms with Gasteiger partial charge in [-0.1, -0.05) is 33.2 Å². The van der Waals surface area contributed by atoms with Crippen LogP contribution >= 0.6 is 15.9 Å². The average Bonchev–Trinajstić information content (AvgIpc) is 3.10. The van der Waals surface area contributed by atoms with E-state index in [1.807, 2.05) is 38.4 Å². The minimum atomic E-state index is 0.0217. The van der Waals surface area contributed by atoms with Gasteiger partial charge in [-0.05, 0) is 45.6 Å². The van der Waals surface area contributed by atoms with Crippen LogP contribution in [0.25, 0.3) is 11.4 Å². The minimum absolute atomic E-state index is 0.0217. The van der Waals surface area contributed by atoms with Crippen molar-refractivity contribution in [2.45, 2.75) is 19.4 Å². The molecule has 0 saturated carbocycles. The van der Waals surface area contributed by atoms with Gasteiger partial charge in [0.15, 0.2) is 0 Å². The number of amides is 1. The third-order valence-electron chi connectivity index (χ3n) is 4.64. The number of piperidine rings is 1. The second kappa shape index (κ2) is 9.43. The number of nitrogens with one attached hydrogen (secondary N) is 1. The van der Waals surface area contributed by atoms with E-state index in [1.54, 1.807) is 0 Å². The number of carbonyl (C=O) groups excluding carboxylic acids is 1. The van der Waals surface area contributed by atoms with Crippen molar-refractivity contribution < 1.29 is 9.32 Å². The summed E-state index contributed by atoms with van der Waals surface area (Å²) >= 11 is 3.46. The van der Waals surface area contributed by atoms with E-state index < -0.39 is 0 Å². The topological polar surface area (TPSA) is 74.5 Å². The molecule has 27 heavy (non-hydrogen) atoms. The lowest BCUT2D eigenvalue weighted by atomic mass is 9.97. The van der Waals surface area contributed by atoms with Gasteiger partial charge in [-0.25, -0.2) is 0 Å².